The summed E-state index contributed by atoms with van der Waals surface area (Å²) in [4.78, 5) is 33.6. The van der Waals surface area contributed by atoms with Gasteiger partial charge in [0.1, 0.15) is 10.2 Å². The topological polar surface area (TPSA) is 76.5 Å². The van der Waals surface area contributed by atoms with Crippen LogP contribution in [0.3, 0.4) is 0 Å². The van der Waals surface area contributed by atoms with E-state index in [1.165, 1.54) is 17.8 Å². The number of rotatable bonds is 6. The lowest BCUT2D eigenvalue weighted by molar-refractivity contribution is 0.0374. The Balaban J connectivity index is 1.44. The zero-order valence-corrected chi connectivity index (χ0v) is 17.9. The minimum Gasteiger partial charge on any atom is -0.379 e. The average Bonchev–Trinajstić information content (AvgIpc) is 3.10. The smallest absolute Gasteiger partial charge is 0.271 e. The van der Waals surface area contributed by atoms with E-state index in [4.69, 9.17) is 4.74 Å². The monoisotopic (exact) mass is 418 g/mol. The third kappa shape index (κ3) is 4.54. The number of nitrogens with zero attached hydrogens (tertiary/aromatic N) is 3. The minimum atomic E-state index is -0.127. The summed E-state index contributed by atoms with van der Waals surface area (Å²) in [5.74, 6) is -0.127. The molecule has 4 rings (SSSR count). The number of morpholine rings is 1. The second kappa shape index (κ2) is 9.36. The molecule has 8 heteroatoms. The Bertz CT molecular complexity index is 911. The largest absolute Gasteiger partial charge is 0.379 e. The predicted octanol–water partition coefficient (Wildman–Crippen LogP) is 2.72. The number of nitrogens with one attached hydrogen (secondary N) is 1. The van der Waals surface area contributed by atoms with E-state index in [2.05, 4.69) is 15.2 Å². The van der Waals surface area contributed by atoms with E-state index in [9.17, 15) is 9.59 Å². The van der Waals surface area contributed by atoms with Gasteiger partial charge in [-0.2, -0.15) is 0 Å². The summed E-state index contributed by atoms with van der Waals surface area (Å²) in [5, 5.41) is 3.02. The zero-order chi connectivity index (χ0) is 20.2. The van der Waals surface area contributed by atoms with Crippen LogP contribution in [0.25, 0.3) is 10.2 Å². The van der Waals surface area contributed by atoms with Crippen LogP contribution in [0.2, 0.25) is 0 Å². The summed E-state index contributed by atoms with van der Waals surface area (Å²) in [6, 6.07) is 0.244. The molecule has 1 amide bonds. The number of thiophene rings is 1. The van der Waals surface area contributed by atoms with Crippen molar-refractivity contribution in [2.24, 2.45) is 0 Å². The molecule has 7 nitrogen and oxygen atoms in total. The maximum absolute atomic E-state index is 13.0. The number of ether oxygens (including phenoxy) is 1. The van der Waals surface area contributed by atoms with E-state index in [1.54, 1.807) is 10.9 Å². The molecular weight excluding hydrogens is 388 g/mol. The van der Waals surface area contributed by atoms with E-state index in [-0.39, 0.29) is 17.5 Å². The summed E-state index contributed by atoms with van der Waals surface area (Å²) < 4.78 is 7.76. The van der Waals surface area contributed by atoms with Gasteiger partial charge in [-0.3, -0.25) is 19.1 Å². The quantitative estimate of drug-likeness (QED) is 0.730. The second-order valence-electron chi connectivity index (χ2n) is 8.02. The molecule has 2 aliphatic rings. The highest BCUT2D eigenvalue weighted by Crippen LogP contribution is 2.30. The minimum absolute atomic E-state index is 0.00127. The van der Waals surface area contributed by atoms with Crippen LogP contribution in [0.5, 0.6) is 0 Å². The van der Waals surface area contributed by atoms with E-state index < -0.39 is 0 Å². The molecule has 1 aliphatic carbocycles. The van der Waals surface area contributed by atoms with Crippen molar-refractivity contribution < 1.29 is 9.53 Å². The number of aryl methyl sites for hydroxylation is 1. The number of hydrogen-bond acceptors (Lipinski definition) is 6. The lowest BCUT2D eigenvalue weighted by Crippen LogP contribution is -2.38. The van der Waals surface area contributed by atoms with Crippen molar-refractivity contribution in [2.45, 2.75) is 51.5 Å². The van der Waals surface area contributed by atoms with Crippen LogP contribution >= 0.6 is 11.3 Å². The third-order valence-corrected chi connectivity index (χ3v) is 7.12. The van der Waals surface area contributed by atoms with Gasteiger partial charge in [0.2, 0.25) is 0 Å². The highest BCUT2D eigenvalue weighted by Gasteiger charge is 2.23. The molecular formula is C21H30N4O3S. The van der Waals surface area contributed by atoms with Crippen molar-refractivity contribution in [3.63, 3.8) is 0 Å². The number of carbonyl (C=O) groups is 1. The van der Waals surface area contributed by atoms with Crippen molar-refractivity contribution in [1.82, 2.24) is 19.8 Å². The maximum Gasteiger partial charge on any atom is 0.271 e. The van der Waals surface area contributed by atoms with Gasteiger partial charge in [0, 0.05) is 30.6 Å². The van der Waals surface area contributed by atoms with Crippen molar-refractivity contribution in [2.75, 3.05) is 39.4 Å². The van der Waals surface area contributed by atoms with Crippen LogP contribution in [0.15, 0.2) is 11.1 Å². The number of carbonyl (C=O) groups excluding carboxylic acids is 1. The molecule has 29 heavy (non-hydrogen) atoms. The van der Waals surface area contributed by atoms with Crippen LogP contribution in [-0.2, 0) is 4.74 Å². The van der Waals surface area contributed by atoms with Gasteiger partial charge in [0.15, 0.2) is 0 Å². The van der Waals surface area contributed by atoms with Crippen LogP contribution < -0.4 is 10.9 Å². The van der Waals surface area contributed by atoms with Gasteiger partial charge in [-0.25, -0.2) is 4.98 Å². The highest BCUT2D eigenvalue weighted by molar-refractivity contribution is 7.19. The van der Waals surface area contributed by atoms with E-state index in [1.807, 2.05) is 6.92 Å². The SMILES string of the molecule is Cc1sc2c(=O)n(C3CCCCC3)cnc2c1C(=O)NCCCN1CCOCC1. The number of fused-ring (bicyclic) bond motifs is 1. The van der Waals surface area contributed by atoms with Crippen LogP contribution in [0, 0.1) is 6.92 Å². The van der Waals surface area contributed by atoms with E-state index in [0.29, 0.717) is 22.3 Å². The molecule has 0 unspecified atom stereocenters. The number of aromatic nitrogens is 2. The molecule has 0 atom stereocenters. The Morgan fingerprint density at radius 1 is 1.28 bits per heavy atom. The standard InChI is InChI=1S/C21H30N4O3S/c1-15-17(20(26)22-8-5-9-24-10-12-28-13-11-24)18-19(29-15)21(27)25(14-23-18)16-6-3-2-4-7-16/h14,16H,2-13H2,1H3,(H,22,26). The Labute approximate surface area is 175 Å². The average molecular weight is 419 g/mol. The summed E-state index contributed by atoms with van der Waals surface area (Å²) in [6.45, 7) is 6.97. The van der Waals surface area contributed by atoms with E-state index >= 15 is 0 Å². The van der Waals surface area contributed by atoms with Crippen molar-refractivity contribution >= 4 is 27.5 Å². The molecule has 0 aromatic carbocycles. The fourth-order valence-electron chi connectivity index (χ4n) is 4.39. The normalized spacial score (nSPS) is 18.9. The van der Waals surface area contributed by atoms with Gasteiger partial charge in [0.05, 0.1) is 25.1 Å². The molecule has 0 bridgehead atoms. The molecule has 1 N–H and O–H groups in total. The number of amides is 1. The fourth-order valence-corrected chi connectivity index (χ4v) is 5.44. The van der Waals surface area contributed by atoms with Crippen molar-refractivity contribution in [3.8, 4) is 0 Å². The molecule has 1 saturated heterocycles. The first kappa shape index (κ1) is 20.5. The summed E-state index contributed by atoms with van der Waals surface area (Å²) in [6.07, 6.45) is 8.20. The Kier molecular flexibility index (Phi) is 6.62. The van der Waals surface area contributed by atoms with Crippen LogP contribution in [0.4, 0.5) is 0 Å². The molecule has 0 radical (unpaired) electrons. The molecule has 158 valence electrons. The summed E-state index contributed by atoms with van der Waals surface area (Å²) in [5.41, 5.74) is 1.11. The number of hydrogen-bond donors (Lipinski definition) is 1. The van der Waals surface area contributed by atoms with Gasteiger partial charge in [0.25, 0.3) is 11.5 Å². The van der Waals surface area contributed by atoms with Crippen molar-refractivity contribution in [1.29, 1.82) is 0 Å². The lowest BCUT2D eigenvalue weighted by atomic mass is 9.95. The van der Waals surface area contributed by atoms with Crippen LogP contribution in [-0.4, -0.2) is 59.8 Å². The Morgan fingerprint density at radius 2 is 2.03 bits per heavy atom. The lowest BCUT2D eigenvalue weighted by Gasteiger charge is -2.26. The third-order valence-electron chi connectivity index (χ3n) is 6.03. The predicted molar refractivity (Wildman–Crippen MR) is 115 cm³/mol. The maximum atomic E-state index is 13.0. The van der Waals surface area contributed by atoms with Gasteiger partial charge in [-0.05, 0) is 32.7 Å². The summed E-state index contributed by atoms with van der Waals surface area (Å²) in [7, 11) is 0. The zero-order valence-electron chi connectivity index (χ0n) is 17.1. The fraction of sp³-hybridized carbons (Fsp3) is 0.667. The first-order valence-corrected chi connectivity index (χ1v) is 11.6. The van der Waals surface area contributed by atoms with Crippen LogP contribution in [0.1, 0.15) is 59.8 Å². The molecule has 2 aromatic rings. The Morgan fingerprint density at radius 3 is 2.79 bits per heavy atom. The van der Waals surface area contributed by atoms with Crippen molar-refractivity contribution in [3.05, 3.63) is 27.1 Å². The second-order valence-corrected chi connectivity index (χ2v) is 9.25. The molecule has 2 aromatic heterocycles. The van der Waals surface area contributed by atoms with Gasteiger partial charge in [-0.15, -0.1) is 11.3 Å². The first-order valence-electron chi connectivity index (χ1n) is 10.7. The molecule has 1 saturated carbocycles. The van der Waals surface area contributed by atoms with Gasteiger partial charge >= 0.3 is 0 Å². The Hall–Kier alpha value is -1.77. The first-order chi connectivity index (χ1) is 14.1. The molecule has 1 aliphatic heterocycles. The van der Waals surface area contributed by atoms with Gasteiger partial charge in [-0.1, -0.05) is 19.3 Å². The molecule has 3 heterocycles. The van der Waals surface area contributed by atoms with Gasteiger partial charge < -0.3 is 10.1 Å². The highest BCUT2D eigenvalue weighted by atomic mass is 32.1. The molecule has 2 fully saturated rings. The molecule has 0 spiro atoms. The van der Waals surface area contributed by atoms with E-state index in [0.717, 1.165) is 69.8 Å². The summed E-state index contributed by atoms with van der Waals surface area (Å²) >= 11 is 1.40.